The Morgan fingerprint density at radius 1 is 0.824 bits per heavy atom. The molecule has 8 heteroatoms. The van der Waals surface area contributed by atoms with Crippen molar-refractivity contribution in [3.8, 4) is 0 Å². The Morgan fingerprint density at radius 2 is 1.24 bits per heavy atom. The van der Waals surface area contributed by atoms with E-state index in [9.17, 15) is 22.0 Å². The number of hydrogen-bond donors (Lipinski definition) is 0. The second-order valence-corrected chi connectivity index (χ2v) is 6.25. The Kier molecular flexibility index (Phi) is 4.31. The minimum absolute atomic E-state index is 0.489. The van der Waals surface area contributed by atoms with E-state index < -0.39 is 20.9 Å². The molecule has 2 atom stereocenters. The van der Waals surface area contributed by atoms with Crippen molar-refractivity contribution in [1.82, 2.24) is 0 Å². The van der Waals surface area contributed by atoms with Crippen LogP contribution in [0.1, 0.15) is 5.56 Å². The molecule has 0 heterocycles. The third kappa shape index (κ3) is 2.84. The van der Waals surface area contributed by atoms with E-state index in [4.69, 9.17) is 0 Å². The van der Waals surface area contributed by atoms with Crippen molar-refractivity contribution in [3.63, 3.8) is 0 Å². The van der Waals surface area contributed by atoms with Crippen molar-refractivity contribution >= 4 is 47.8 Å². The van der Waals surface area contributed by atoms with Gasteiger partial charge in [0.25, 0.3) is 0 Å². The van der Waals surface area contributed by atoms with Gasteiger partial charge >= 0.3 is 10.8 Å². The monoisotopic (exact) mass is 444 g/mol. The van der Waals surface area contributed by atoms with Gasteiger partial charge in [0.15, 0.2) is 0 Å². The maximum Gasteiger partial charge on any atom is 0.437 e. The van der Waals surface area contributed by atoms with Crippen molar-refractivity contribution in [3.05, 3.63) is 34.3 Å². The first-order valence-corrected chi connectivity index (χ1v) is 6.46. The molecule has 0 saturated heterocycles. The molecule has 0 nitrogen and oxygen atoms in total. The van der Waals surface area contributed by atoms with E-state index in [1.54, 1.807) is 15.9 Å². The largest absolute Gasteiger partial charge is 0.437 e. The molecule has 0 fully saturated rings. The van der Waals surface area contributed by atoms with Crippen LogP contribution in [-0.2, 0) is 4.58 Å². The normalized spacial score (nSPS) is 19.5. The lowest BCUT2D eigenvalue weighted by Gasteiger charge is -2.32. The van der Waals surface area contributed by atoms with Crippen molar-refractivity contribution < 1.29 is 22.0 Å². The Morgan fingerprint density at radius 3 is 1.59 bits per heavy atom. The highest BCUT2D eigenvalue weighted by Crippen LogP contribution is 2.56. The van der Waals surface area contributed by atoms with Gasteiger partial charge in [-0.1, -0.05) is 28.1 Å². The summed E-state index contributed by atoms with van der Waals surface area (Å²) >= 11 is 6.94. The van der Waals surface area contributed by atoms with E-state index in [1.807, 2.05) is 0 Å². The van der Waals surface area contributed by atoms with Gasteiger partial charge in [-0.15, -0.1) is 0 Å². The summed E-state index contributed by atoms with van der Waals surface area (Å²) < 4.78 is 57.6. The third-order valence-corrected chi connectivity index (χ3v) is 5.02. The topological polar surface area (TPSA) is 0 Å². The molecule has 0 saturated carbocycles. The predicted molar refractivity (Wildman–Crippen MR) is 64.7 cm³/mol. The summed E-state index contributed by atoms with van der Waals surface area (Å²) in [4.78, 5) is 0. The molecule has 0 aliphatic rings. The van der Waals surface area contributed by atoms with E-state index in [0.717, 1.165) is 12.1 Å². The zero-order chi connectivity index (χ0) is 13.5. The minimum atomic E-state index is -5.40. The van der Waals surface area contributed by atoms with Crippen LogP contribution in [0.4, 0.5) is 22.0 Å². The molecule has 0 aliphatic heterocycles. The van der Waals surface area contributed by atoms with E-state index in [0.29, 0.717) is 4.47 Å². The molecule has 0 N–H and O–H groups in total. The number of benzene rings is 1. The van der Waals surface area contributed by atoms with Crippen LogP contribution in [0.5, 0.6) is 0 Å². The van der Waals surface area contributed by atoms with Crippen molar-refractivity contribution in [1.29, 1.82) is 0 Å². The summed E-state index contributed by atoms with van der Waals surface area (Å²) in [6, 6.07) is 4.70. The smallest absolute Gasteiger partial charge is 0.221 e. The van der Waals surface area contributed by atoms with Crippen LogP contribution in [-0.4, -0.2) is 10.8 Å². The lowest BCUT2D eigenvalue weighted by molar-refractivity contribution is -0.214. The third-order valence-electron chi connectivity index (χ3n) is 1.96. The fraction of sp³-hybridized carbons (Fsp3) is 0.333. The van der Waals surface area contributed by atoms with E-state index >= 15 is 0 Å². The summed E-state index contributed by atoms with van der Waals surface area (Å²) in [6.45, 7) is 0. The number of halogens is 8. The Labute approximate surface area is 119 Å². The molecule has 96 valence electrons. The fourth-order valence-corrected chi connectivity index (χ4v) is 2.00. The highest BCUT2D eigenvalue weighted by atomic mass is 79.9. The van der Waals surface area contributed by atoms with Crippen LogP contribution in [0.25, 0.3) is 0 Å². The van der Waals surface area contributed by atoms with Gasteiger partial charge in [0.05, 0.1) is 0 Å². The quantitative estimate of drug-likeness (QED) is 0.410. The van der Waals surface area contributed by atoms with Gasteiger partial charge in [0.2, 0.25) is 4.58 Å². The molecule has 0 spiro atoms. The lowest BCUT2D eigenvalue weighted by Crippen LogP contribution is -2.47. The van der Waals surface area contributed by atoms with Crippen LogP contribution < -0.4 is 0 Å². The van der Waals surface area contributed by atoms with Gasteiger partial charge in [-0.25, -0.2) is 8.78 Å². The highest BCUT2D eigenvalue weighted by Gasteiger charge is 2.68. The molecular weight excluding hydrogens is 443 g/mol. The second-order valence-electron chi connectivity index (χ2n) is 3.15. The summed E-state index contributed by atoms with van der Waals surface area (Å²) in [5.74, 6) is 0. The molecule has 1 aromatic rings. The summed E-state index contributed by atoms with van der Waals surface area (Å²) in [5, 5.41) is 0. The molecule has 0 aliphatic carbocycles. The molecule has 0 radical (unpaired) electrons. The van der Waals surface area contributed by atoms with Gasteiger partial charge in [-0.3, -0.25) is 0 Å². The van der Waals surface area contributed by atoms with Gasteiger partial charge in [0, 0.05) is 10.0 Å². The zero-order valence-electron chi connectivity index (χ0n) is 7.83. The minimum Gasteiger partial charge on any atom is -0.221 e. The van der Waals surface area contributed by atoms with E-state index in [2.05, 4.69) is 31.9 Å². The molecule has 1 aromatic carbocycles. The van der Waals surface area contributed by atoms with Crippen molar-refractivity contribution in [2.45, 2.75) is 15.3 Å². The van der Waals surface area contributed by atoms with Crippen LogP contribution in [0.3, 0.4) is 0 Å². The summed E-state index contributed by atoms with van der Waals surface area (Å²) in [7, 11) is 0. The fourth-order valence-electron chi connectivity index (χ4n) is 1.02. The maximum absolute atomic E-state index is 14.0. The predicted octanol–water partition coefficient (Wildman–Crippen LogP) is 5.59. The van der Waals surface area contributed by atoms with Crippen LogP contribution >= 0.6 is 47.8 Å². The van der Waals surface area contributed by atoms with Gasteiger partial charge in [0.1, 0.15) is 0 Å². The van der Waals surface area contributed by atoms with E-state index in [1.165, 1.54) is 12.1 Å². The number of rotatable bonds is 2. The Bertz CT molecular complexity index is 396. The first-order chi connectivity index (χ1) is 7.50. The average Bonchev–Trinajstić information content (AvgIpc) is 2.16. The standard InChI is InChI=1S/C9H4Br3F5/c10-6-3-1-5(2-4-6)7(11,13)8(12,14)9(15,16)17/h1-4H/t7-,8+/m1/s1. The Hall–Kier alpha value is 0.310. The Balaban J connectivity index is 3.23. The molecule has 1 rings (SSSR count). The maximum atomic E-state index is 14.0. The second kappa shape index (κ2) is 4.77. The molecule has 0 aromatic heterocycles. The zero-order valence-corrected chi connectivity index (χ0v) is 12.6. The van der Waals surface area contributed by atoms with Gasteiger partial charge in [-0.2, -0.15) is 13.2 Å². The van der Waals surface area contributed by atoms with Crippen LogP contribution in [0, 0.1) is 0 Å². The number of alkyl halides is 7. The molecule has 0 amide bonds. The molecule has 0 unspecified atom stereocenters. The first kappa shape index (κ1) is 15.4. The molecular formula is C9H4Br3F5. The molecule has 17 heavy (non-hydrogen) atoms. The van der Waals surface area contributed by atoms with Crippen LogP contribution in [0.2, 0.25) is 0 Å². The summed E-state index contributed by atoms with van der Waals surface area (Å²) in [6.07, 6.45) is -5.40. The average molecular weight is 447 g/mol. The van der Waals surface area contributed by atoms with Gasteiger partial charge < -0.3 is 0 Å². The van der Waals surface area contributed by atoms with Crippen molar-refractivity contribution in [2.24, 2.45) is 0 Å². The molecule has 0 bridgehead atoms. The SMILES string of the molecule is FC(F)(F)[C@](F)(Br)[C@@](F)(Br)c1ccc(Br)cc1. The number of hydrogen-bond acceptors (Lipinski definition) is 0. The highest BCUT2D eigenvalue weighted by molar-refractivity contribution is 9.12. The lowest BCUT2D eigenvalue weighted by atomic mass is 10.1. The first-order valence-electron chi connectivity index (χ1n) is 4.08. The summed E-state index contributed by atoms with van der Waals surface area (Å²) in [5.41, 5.74) is -0.489. The van der Waals surface area contributed by atoms with E-state index in [-0.39, 0.29) is 0 Å². The van der Waals surface area contributed by atoms with Gasteiger partial charge in [-0.05, 0) is 44.0 Å². The van der Waals surface area contributed by atoms with Crippen LogP contribution in [0.15, 0.2) is 28.7 Å². The van der Waals surface area contributed by atoms with Crippen molar-refractivity contribution in [2.75, 3.05) is 0 Å².